The molecule has 0 fully saturated rings. The number of phenols is 2. The largest absolute Gasteiger partial charge is 0.507 e. The number of ether oxygens (including phenoxy) is 2. The quantitative estimate of drug-likeness (QED) is 0.386. The van der Waals surface area contributed by atoms with Gasteiger partial charge in [-0.05, 0) is 55.0 Å². The Morgan fingerprint density at radius 3 is 2.20 bits per heavy atom. The lowest BCUT2D eigenvalue weighted by Gasteiger charge is -2.35. The highest BCUT2D eigenvalue weighted by molar-refractivity contribution is 6.18. The number of carbonyl (C=O) groups is 4. The number of Topliss-reactive ketones (excluding diaryl/α,β-unsaturated/α-hetero) is 2. The van der Waals surface area contributed by atoms with Crippen LogP contribution in [0, 0.1) is 5.92 Å². The summed E-state index contributed by atoms with van der Waals surface area (Å²) in [5, 5.41) is 21.3. The number of benzene rings is 2. The Bertz CT molecular complexity index is 1350. The van der Waals surface area contributed by atoms with Crippen molar-refractivity contribution in [3.63, 3.8) is 0 Å². The number of esters is 2. The van der Waals surface area contributed by atoms with Gasteiger partial charge in [0.05, 0.1) is 11.1 Å². The van der Waals surface area contributed by atoms with E-state index >= 15 is 0 Å². The molecule has 182 valence electrons. The number of nitrogens with zero attached hydrogens (tertiary/aromatic N) is 1. The second-order valence-electron chi connectivity index (χ2n) is 8.90. The number of aromatic hydroxyl groups is 2. The highest BCUT2D eigenvalue weighted by Gasteiger charge is 2.43. The van der Waals surface area contributed by atoms with E-state index in [0.717, 1.165) is 12.6 Å². The van der Waals surface area contributed by atoms with Crippen LogP contribution in [0.2, 0.25) is 0 Å². The Balaban J connectivity index is 2.05. The molecule has 0 aromatic heterocycles. The van der Waals surface area contributed by atoms with Gasteiger partial charge in [0.15, 0.2) is 11.6 Å². The van der Waals surface area contributed by atoms with Crippen LogP contribution in [-0.2, 0) is 27.2 Å². The molecule has 2 aromatic rings. The van der Waals surface area contributed by atoms with Gasteiger partial charge < -0.3 is 24.6 Å². The average Bonchev–Trinajstić information content (AvgIpc) is 2.71. The van der Waals surface area contributed by atoms with Crippen LogP contribution in [0.3, 0.4) is 0 Å². The topological polar surface area (TPSA) is 130 Å². The van der Waals surface area contributed by atoms with Gasteiger partial charge in [0.25, 0.3) is 0 Å². The lowest BCUT2D eigenvalue weighted by molar-refractivity contribution is -0.134. The molecule has 0 saturated carbocycles. The third-order valence-electron chi connectivity index (χ3n) is 6.21. The first-order valence-electron chi connectivity index (χ1n) is 11.0. The average molecular weight is 479 g/mol. The van der Waals surface area contributed by atoms with Crippen molar-refractivity contribution >= 4 is 35.0 Å². The molecule has 2 N–H and O–H groups in total. The summed E-state index contributed by atoms with van der Waals surface area (Å²) in [4.78, 5) is 51.7. The first-order valence-corrected chi connectivity index (χ1v) is 11.0. The third kappa shape index (κ3) is 3.92. The lowest BCUT2D eigenvalue weighted by Crippen LogP contribution is -2.32. The van der Waals surface area contributed by atoms with Crippen LogP contribution in [0.1, 0.15) is 58.2 Å². The summed E-state index contributed by atoms with van der Waals surface area (Å²) in [5.41, 5.74) is 1.88. The molecule has 9 heteroatoms. The van der Waals surface area contributed by atoms with Gasteiger partial charge in [-0.2, -0.15) is 0 Å². The lowest BCUT2D eigenvalue weighted by atomic mass is 9.70. The number of ketones is 2. The zero-order valence-corrected chi connectivity index (χ0v) is 20.0. The predicted molar refractivity (Wildman–Crippen MR) is 126 cm³/mol. The Hall–Kier alpha value is -4.14. The monoisotopic (exact) mass is 479 g/mol. The highest BCUT2D eigenvalue weighted by Crippen LogP contribution is 2.50. The highest BCUT2D eigenvalue weighted by atomic mass is 16.5. The first-order chi connectivity index (χ1) is 16.4. The van der Waals surface area contributed by atoms with Crippen LogP contribution in [0.25, 0.3) is 5.76 Å². The van der Waals surface area contributed by atoms with E-state index in [1.54, 1.807) is 12.1 Å². The van der Waals surface area contributed by atoms with Crippen molar-refractivity contribution in [1.29, 1.82) is 0 Å². The molecule has 9 nitrogen and oxygen atoms in total. The maximum absolute atomic E-state index is 14.0. The second kappa shape index (κ2) is 8.57. The van der Waals surface area contributed by atoms with E-state index in [9.17, 15) is 29.4 Å². The second-order valence-corrected chi connectivity index (χ2v) is 8.90. The third-order valence-corrected chi connectivity index (χ3v) is 6.21. The molecule has 2 aliphatic rings. The van der Waals surface area contributed by atoms with Gasteiger partial charge in [0, 0.05) is 39.2 Å². The van der Waals surface area contributed by atoms with E-state index in [4.69, 9.17) is 9.47 Å². The summed E-state index contributed by atoms with van der Waals surface area (Å²) in [6.45, 7) is 3.58. The van der Waals surface area contributed by atoms with Crippen LogP contribution in [0.15, 0.2) is 23.8 Å². The smallest absolute Gasteiger partial charge is 0.308 e. The molecule has 0 unspecified atom stereocenters. The molecule has 2 aromatic carbocycles. The molecule has 0 bridgehead atoms. The molecule has 4 rings (SSSR count). The zero-order chi connectivity index (χ0) is 25.8. The number of hydrogen-bond donors (Lipinski definition) is 2. The molecular weight excluding hydrogens is 454 g/mol. The SMILES string of the molecule is CC(=O)OC1=C2C(=O)c3c(OC(C)=O)ccc(N(C)C)c3C[C@H]2Cc2cc(O)c(C(C)=O)c(O)c21. The van der Waals surface area contributed by atoms with Crippen molar-refractivity contribution in [3.8, 4) is 17.2 Å². The fourth-order valence-electron chi connectivity index (χ4n) is 4.98. The molecule has 0 saturated heterocycles. The zero-order valence-electron chi connectivity index (χ0n) is 20.0. The fourth-order valence-corrected chi connectivity index (χ4v) is 4.98. The number of anilines is 1. The molecule has 0 radical (unpaired) electrons. The summed E-state index contributed by atoms with van der Waals surface area (Å²) in [6, 6.07) is 4.66. The molecule has 2 aliphatic carbocycles. The van der Waals surface area contributed by atoms with Crippen molar-refractivity contribution < 1.29 is 38.9 Å². The van der Waals surface area contributed by atoms with E-state index in [-0.39, 0.29) is 40.2 Å². The minimum Gasteiger partial charge on any atom is -0.507 e. The summed E-state index contributed by atoms with van der Waals surface area (Å²) in [5.74, 6) is -3.91. The van der Waals surface area contributed by atoms with E-state index in [2.05, 4.69) is 0 Å². The standard InChI is InChI=1S/C26H25NO8/c1-11(28)20-18(31)10-15-8-14-9-16-17(27(4)5)6-7-19(34-12(2)29)23(16)25(33)21(14)26(35-13(3)30)22(15)24(20)32/h6-7,10,14,31-32H,8-9H2,1-5H3/t14-/m1/s1. The van der Waals surface area contributed by atoms with E-state index in [1.807, 2.05) is 19.0 Å². The summed E-state index contributed by atoms with van der Waals surface area (Å²) in [7, 11) is 3.66. The number of allylic oxidation sites excluding steroid dienone is 1. The van der Waals surface area contributed by atoms with Crippen molar-refractivity contribution in [2.24, 2.45) is 5.92 Å². The minimum absolute atomic E-state index is 0.0176. The van der Waals surface area contributed by atoms with Crippen LogP contribution in [0.5, 0.6) is 17.2 Å². The minimum atomic E-state index is -0.725. The van der Waals surface area contributed by atoms with Gasteiger partial charge in [-0.1, -0.05) is 0 Å². The Kier molecular flexibility index (Phi) is 5.88. The molecular formula is C26H25NO8. The van der Waals surface area contributed by atoms with Crippen molar-refractivity contribution in [1.82, 2.24) is 0 Å². The summed E-state index contributed by atoms with van der Waals surface area (Å²) in [6.07, 6.45) is 0.587. The van der Waals surface area contributed by atoms with E-state index in [1.165, 1.54) is 19.9 Å². The van der Waals surface area contributed by atoms with Gasteiger partial charge >= 0.3 is 11.9 Å². The van der Waals surface area contributed by atoms with Gasteiger partial charge in [-0.15, -0.1) is 0 Å². The van der Waals surface area contributed by atoms with Gasteiger partial charge in [0.1, 0.15) is 28.6 Å². The summed E-state index contributed by atoms with van der Waals surface area (Å²) < 4.78 is 10.8. The van der Waals surface area contributed by atoms with Crippen LogP contribution in [0.4, 0.5) is 5.69 Å². The number of carbonyl (C=O) groups excluding carboxylic acids is 4. The molecule has 35 heavy (non-hydrogen) atoms. The van der Waals surface area contributed by atoms with Crippen LogP contribution in [-0.4, -0.2) is 47.8 Å². The van der Waals surface area contributed by atoms with E-state index in [0.29, 0.717) is 17.5 Å². The number of rotatable bonds is 4. The number of phenolic OH excluding ortho intramolecular Hbond substituents is 2. The van der Waals surface area contributed by atoms with Crippen LogP contribution < -0.4 is 9.64 Å². The van der Waals surface area contributed by atoms with Crippen molar-refractivity contribution in [2.45, 2.75) is 33.6 Å². The predicted octanol–water partition coefficient (Wildman–Crippen LogP) is 3.18. The molecule has 0 aliphatic heterocycles. The maximum atomic E-state index is 14.0. The Labute approximate surface area is 201 Å². The summed E-state index contributed by atoms with van der Waals surface area (Å²) >= 11 is 0. The van der Waals surface area contributed by atoms with Crippen molar-refractivity contribution in [3.05, 3.63) is 51.6 Å². The molecule has 0 heterocycles. The molecule has 1 atom stereocenters. The normalized spacial score (nSPS) is 16.1. The first kappa shape index (κ1) is 24.0. The molecule has 0 amide bonds. The van der Waals surface area contributed by atoms with Gasteiger partial charge in [-0.25, -0.2) is 0 Å². The van der Waals surface area contributed by atoms with Gasteiger partial charge in [-0.3, -0.25) is 19.2 Å². The Morgan fingerprint density at radius 1 is 0.971 bits per heavy atom. The van der Waals surface area contributed by atoms with Crippen LogP contribution >= 0.6 is 0 Å². The van der Waals surface area contributed by atoms with E-state index < -0.39 is 40.9 Å². The maximum Gasteiger partial charge on any atom is 0.308 e. The number of hydrogen-bond acceptors (Lipinski definition) is 9. The van der Waals surface area contributed by atoms with Crippen molar-refractivity contribution in [2.75, 3.05) is 19.0 Å². The number of fused-ring (bicyclic) bond motifs is 3. The Morgan fingerprint density at radius 2 is 1.63 bits per heavy atom. The fraction of sp³-hybridized carbons (Fsp3) is 0.308. The van der Waals surface area contributed by atoms with Gasteiger partial charge in [0.2, 0.25) is 0 Å². The molecule has 0 spiro atoms.